The molecule has 2 aromatic carbocycles. The summed E-state index contributed by atoms with van der Waals surface area (Å²) >= 11 is 0. The molecule has 1 N–H and O–H groups in total. The second kappa shape index (κ2) is 9.70. The minimum Gasteiger partial charge on any atom is -0.455 e. The Morgan fingerprint density at radius 3 is 2.46 bits per heavy atom. The van der Waals surface area contributed by atoms with E-state index in [1.165, 1.54) is 23.8 Å². The highest BCUT2D eigenvalue weighted by molar-refractivity contribution is 5.81. The first kappa shape index (κ1) is 19.6. The molecule has 0 unspecified atom stereocenters. The highest BCUT2D eigenvalue weighted by Crippen LogP contribution is 2.14. The topological polar surface area (TPSA) is 55.4 Å². The van der Waals surface area contributed by atoms with Crippen LogP contribution in [0.4, 0.5) is 4.39 Å². The maximum atomic E-state index is 13.1. The average molecular weight is 357 g/mol. The summed E-state index contributed by atoms with van der Waals surface area (Å²) in [6, 6.07) is 14.0. The van der Waals surface area contributed by atoms with Crippen LogP contribution in [0.1, 0.15) is 36.5 Å². The summed E-state index contributed by atoms with van der Waals surface area (Å²) in [6.45, 7) is 4.43. The van der Waals surface area contributed by atoms with E-state index in [1.54, 1.807) is 6.07 Å². The predicted molar refractivity (Wildman–Crippen MR) is 98.3 cm³/mol. The third-order valence-corrected chi connectivity index (χ3v) is 3.98. The number of rotatable bonds is 8. The monoisotopic (exact) mass is 357 g/mol. The molecule has 0 aromatic heterocycles. The SMILES string of the molecule is CC(C)c1ccc(CCNC(=O)COC(=O)Cc2cccc(F)c2)cc1. The number of hydrogen-bond donors (Lipinski definition) is 1. The normalized spacial score (nSPS) is 10.6. The van der Waals surface area contributed by atoms with Gasteiger partial charge in [0.1, 0.15) is 5.82 Å². The van der Waals surface area contributed by atoms with E-state index in [9.17, 15) is 14.0 Å². The number of ether oxygens (including phenoxy) is 1. The van der Waals surface area contributed by atoms with Gasteiger partial charge in [-0.1, -0.05) is 50.2 Å². The quantitative estimate of drug-likeness (QED) is 0.737. The highest BCUT2D eigenvalue weighted by Gasteiger charge is 2.09. The Hall–Kier alpha value is -2.69. The van der Waals surface area contributed by atoms with Crippen LogP contribution in [0.15, 0.2) is 48.5 Å². The van der Waals surface area contributed by atoms with Crippen molar-refractivity contribution < 1.29 is 18.7 Å². The third-order valence-electron chi connectivity index (χ3n) is 3.98. The number of halogens is 1. The van der Waals surface area contributed by atoms with Gasteiger partial charge in [-0.15, -0.1) is 0 Å². The van der Waals surface area contributed by atoms with Gasteiger partial charge in [-0.25, -0.2) is 4.39 Å². The van der Waals surface area contributed by atoms with Crippen LogP contribution in [-0.4, -0.2) is 25.0 Å². The molecule has 2 aromatic rings. The fraction of sp³-hybridized carbons (Fsp3) is 0.333. The van der Waals surface area contributed by atoms with Crippen LogP contribution in [0.3, 0.4) is 0 Å². The van der Waals surface area contributed by atoms with Crippen molar-refractivity contribution in [3.8, 4) is 0 Å². The van der Waals surface area contributed by atoms with E-state index in [-0.39, 0.29) is 18.9 Å². The van der Waals surface area contributed by atoms with Crippen molar-refractivity contribution in [2.24, 2.45) is 0 Å². The van der Waals surface area contributed by atoms with Crippen LogP contribution in [0.25, 0.3) is 0 Å². The van der Waals surface area contributed by atoms with Gasteiger partial charge in [0, 0.05) is 6.54 Å². The molecule has 26 heavy (non-hydrogen) atoms. The molecule has 0 bridgehead atoms. The van der Waals surface area contributed by atoms with E-state index in [0.29, 0.717) is 24.4 Å². The van der Waals surface area contributed by atoms with Gasteiger partial charge in [0.05, 0.1) is 6.42 Å². The first-order chi connectivity index (χ1) is 12.4. The molecule has 0 saturated carbocycles. The van der Waals surface area contributed by atoms with E-state index in [4.69, 9.17) is 4.74 Å². The van der Waals surface area contributed by atoms with Gasteiger partial charge in [0.25, 0.3) is 5.91 Å². The second-order valence-electron chi connectivity index (χ2n) is 6.46. The van der Waals surface area contributed by atoms with Gasteiger partial charge in [-0.2, -0.15) is 0 Å². The van der Waals surface area contributed by atoms with Gasteiger partial charge in [-0.3, -0.25) is 9.59 Å². The molecule has 1 amide bonds. The molecule has 0 atom stereocenters. The lowest BCUT2D eigenvalue weighted by atomic mass is 10.0. The Balaban J connectivity index is 1.66. The Bertz CT molecular complexity index is 741. The summed E-state index contributed by atoms with van der Waals surface area (Å²) in [5, 5.41) is 2.72. The summed E-state index contributed by atoms with van der Waals surface area (Å²) in [5.74, 6) is -0.827. The van der Waals surface area contributed by atoms with Gasteiger partial charge < -0.3 is 10.1 Å². The molecule has 138 valence electrons. The Kier molecular flexibility index (Phi) is 7.33. The first-order valence-corrected chi connectivity index (χ1v) is 8.69. The van der Waals surface area contributed by atoms with Crippen LogP contribution >= 0.6 is 0 Å². The number of nitrogens with one attached hydrogen (secondary N) is 1. The van der Waals surface area contributed by atoms with Gasteiger partial charge in [0.15, 0.2) is 6.61 Å². The molecule has 0 fully saturated rings. The number of carbonyl (C=O) groups is 2. The Morgan fingerprint density at radius 1 is 1.08 bits per heavy atom. The number of esters is 1. The molecular weight excluding hydrogens is 333 g/mol. The van der Waals surface area contributed by atoms with Crippen LogP contribution in [-0.2, 0) is 27.2 Å². The summed E-state index contributed by atoms with van der Waals surface area (Å²) < 4.78 is 18.0. The molecule has 0 aliphatic carbocycles. The largest absolute Gasteiger partial charge is 0.455 e. The number of benzene rings is 2. The first-order valence-electron chi connectivity index (χ1n) is 8.69. The Morgan fingerprint density at radius 2 is 1.81 bits per heavy atom. The van der Waals surface area contributed by atoms with Crippen LogP contribution in [0, 0.1) is 5.82 Å². The van der Waals surface area contributed by atoms with Crippen molar-refractivity contribution in [1.82, 2.24) is 5.32 Å². The summed E-state index contributed by atoms with van der Waals surface area (Å²) in [5.41, 5.74) is 2.93. The predicted octanol–water partition coefficient (Wildman–Crippen LogP) is 3.39. The zero-order valence-corrected chi connectivity index (χ0v) is 15.1. The van der Waals surface area contributed by atoms with E-state index in [0.717, 1.165) is 5.56 Å². The minimum atomic E-state index is -0.560. The number of hydrogen-bond acceptors (Lipinski definition) is 3. The van der Waals surface area contributed by atoms with Crippen LogP contribution in [0.2, 0.25) is 0 Å². The van der Waals surface area contributed by atoms with Crippen LogP contribution in [0.5, 0.6) is 0 Å². The molecule has 0 radical (unpaired) electrons. The average Bonchev–Trinajstić information content (AvgIpc) is 2.60. The standard InChI is InChI=1S/C21H24FNO3/c1-15(2)18-8-6-16(7-9-18)10-11-23-20(24)14-26-21(25)13-17-4-3-5-19(22)12-17/h3-9,12,15H,10-11,13-14H2,1-2H3,(H,23,24). The van der Waals surface area contributed by atoms with Gasteiger partial charge in [-0.05, 0) is 41.2 Å². The number of amides is 1. The molecule has 5 heteroatoms. The summed E-state index contributed by atoms with van der Waals surface area (Å²) in [7, 11) is 0. The molecule has 2 rings (SSSR count). The van der Waals surface area contributed by atoms with E-state index < -0.39 is 11.8 Å². The third kappa shape index (κ3) is 6.67. The van der Waals surface area contributed by atoms with Gasteiger partial charge in [0.2, 0.25) is 0 Å². The smallest absolute Gasteiger partial charge is 0.310 e. The molecule has 0 spiro atoms. The van der Waals surface area contributed by atoms with Crippen molar-refractivity contribution in [2.75, 3.05) is 13.2 Å². The van der Waals surface area contributed by atoms with Crippen molar-refractivity contribution in [2.45, 2.75) is 32.6 Å². The molecule has 4 nitrogen and oxygen atoms in total. The van der Waals surface area contributed by atoms with E-state index >= 15 is 0 Å². The zero-order chi connectivity index (χ0) is 18.9. The van der Waals surface area contributed by atoms with Crippen molar-refractivity contribution in [3.05, 3.63) is 71.0 Å². The number of carbonyl (C=O) groups excluding carboxylic acids is 2. The lowest BCUT2D eigenvalue weighted by molar-refractivity contribution is -0.147. The second-order valence-corrected chi connectivity index (χ2v) is 6.46. The van der Waals surface area contributed by atoms with Crippen molar-refractivity contribution >= 4 is 11.9 Å². The Labute approximate surface area is 153 Å². The summed E-state index contributed by atoms with van der Waals surface area (Å²) in [4.78, 5) is 23.4. The lowest BCUT2D eigenvalue weighted by Gasteiger charge is -2.08. The molecule has 0 saturated heterocycles. The minimum absolute atomic E-state index is 0.0623. The van der Waals surface area contributed by atoms with Crippen molar-refractivity contribution in [3.63, 3.8) is 0 Å². The molecule has 0 aliphatic heterocycles. The maximum absolute atomic E-state index is 13.1. The van der Waals surface area contributed by atoms with Crippen molar-refractivity contribution in [1.29, 1.82) is 0 Å². The fourth-order valence-electron chi connectivity index (χ4n) is 2.48. The van der Waals surface area contributed by atoms with Gasteiger partial charge >= 0.3 is 5.97 Å². The molecular formula is C21H24FNO3. The maximum Gasteiger partial charge on any atom is 0.310 e. The van der Waals surface area contributed by atoms with E-state index in [1.807, 2.05) is 0 Å². The van der Waals surface area contributed by atoms with E-state index in [2.05, 4.69) is 43.4 Å². The molecule has 0 aliphatic rings. The fourth-order valence-corrected chi connectivity index (χ4v) is 2.48. The molecule has 0 heterocycles. The van der Waals surface area contributed by atoms with Crippen LogP contribution < -0.4 is 5.32 Å². The zero-order valence-electron chi connectivity index (χ0n) is 15.1. The summed E-state index contributed by atoms with van der Waals surface area (Å²) in [6.07, 6.45) is 0.647. The highest BCUT2D eigenvalue weighted by atomic mass is 19.1. The lowest BCUT2D eigenvalue weighted by Crippen LogP contribution is -2.30.